The molecule has 0 aromatic rings. The number of hydrogen-bond acceptors (Lipinski definition) is 3. The van der Waals surface area contributed by atoms with Gasteiger partial charge in [0.25, 0.3) is 0 Å². The van der Waals surface area contributed by atoms with Crippen LogP contribution in [0.15, 0.2) is 0 Å². The zero-order valence-electron chi connectivity index (χ0n) is 9.90. The van der Waals surface area contributed by atoms with Gasteiger partial charge in [-0.3, -0.25) is 0 Å². The molecule has 0 aliphatic carbocycles. The predicted octanol–water partition coefficient (Wildman–Crippen LogP) is 1.51. The Morgan fingerprint density at radius 3 is 2.33 bits per heavy atom. The summed E-state index contributed by atoms with van der Waals surface area (Å²) in [6, 6.07) is 0. The molecule has 0 spiro atoms. The van der Waals surface area contributed by atoms with Gasteiger partial charge in [-0.05, 0) is 19.3 Å². The van der Waals surface area contributed by atoms with Crippen molar-refractivity contribution in [1.82, 2.24) is 0 Å². The zero-order valence-corrected chi connectivity index (χ0v) is 10.7. The molecule has 2 atom stereocenters. The van der Waals surface area contributed by atoms with Crippen LogP contribution in [0.25, 0.3) is 0 Å². The van der Waals surface area contributed by atoms with Crippen LogP contribution in [0, 0.1) is 5.92 Å². The lowest BCUT2D eigenvalue weighted by atomic mass is 10.1. The maximum absolute atomic E-state index is 10.9. The Bertz CT molecular complexity index is 251. The second-order valence-corrected chi connectivity index (χ2v) is 5.70. The highest BCUT2D eigenvalue weighted by Crippen LogP contribution is 2.09. The lowest BCUT2D eigenvalue weighted by molar-refractivity contribution is 0.0385. The van der Waals surface area contributed by atoms with Gasteiger partial charge >= 0.3 is 0 Å². The van der Waals surface area contributed by atoms with Crippen molar-refractivity contribution >= 4 is 10.0 Å². The highest BCUT2D eigenvalue weighted by atomic mass is 32.2. The third-order valence-corrected chi connectivity index (χ3v) is 3.29. The molecule has 2 N–H and O–H groups in total. The van der Waals surface area contributed by atoms with E-state index in [0.29, 0.717) is 6.61 Å². The van der Waals surface area contributed by atoms with Crippen molar-refractivity contribution in [3.05, 3.63) is 0 Å². The number of sulfonamides is 1. The van der Waals surface area contributed by atoms with Gasteiger partial charge in [0.1, 0.15) is 0 Å². The highest BCUT2D eigenvalue weighted by Gasteiger charge is 2.15. The predicted molar refractivity (Wildman–Crippen MR) is 62.1 cm³/mol. The first kappa shape index (κ1) is 14.9. The maximum atomic E-state index is 10.9. The summed E-state index contributed by atoms with van der Waals surface area (Å²) in [6.07, 6.45) is 3.05. The topological polar surface area (TPSA) is 69.4 Å². The fraction of sp³-hybridized carbons (Fsp3) is 1.00. The second-order valence-electron chi connectivity index (χ2n) is 4.04. The molecular weight excluding hydrogens is 214 g/mol. The van der Waals surface area contributed by atoms with E-state index in [-0.39, 0.29) is 17.8 Å². The average molecular weight is 237 g/mol. The Hall–Kier alpha value is -0.130. The minimum absolute atomic E-state index is 0.0132. The quantitative estimate of drug-likeness (QED) is 0.695. The van der Waals surface area contributed by atoms with Gasteiger partial charge < -0.3 is 4.74 Å². The number of hydrogen-bond donors (Lipinski definition) is 1. The number of ether oxygens (including phenoxy) is 1. The van der Waals surface area contributed by atoms with Crippen LogP contribution in [0.3, 0.4) is 0 Å². The normalized spacial score (nSPS) is 16.3. The molecule has 4 nitrogen and oxygen atoms in total. The van der Waals surface area contributed by atoms with Crippen molar-refractivity contribution in [2.45, 2.75) is 46.1 Å². The molecule has 0 aliphatic rings. The Kier molecular flexibility index (Phi) is 7.13. The molecule has 92 valence electrons. The Balaban J connectivity index is 3.90. The summed E-state index contributed by atoms with van der Waals surface area (Å²) in [6.45, 7) is 6.53. The van der Waals surface area contributed by atoms with Crippen LogP contribution >= 0.6 is 0 Å². The van der Waals surface area contributed by atoms with Crippen molar-refractivity contribution in [3.8, 4) is 0 Å². The van der Waals surface area contributed by atoms with E-state index in [1.165, 1.54) is 0 Å². The molecule has 15 heavy (non-hydrogen) atoms. The molecule has 5 heteroatoms. The Morgan fingerprint density at radius 1 is 1.33 bits per heavy atom. The van der Waals surface area contributed by atoms with Crippen LogP contribution in [-0.4, -0.2) is 26.9 Å². The van der Waals surface area contributed by atoms with Gasteiger partial charge in [0, 0.05) is 0 Å². The third-order valence-electron chi connectivity index (χ3n) is 2.36. The number of nitrogens with two attached hydrogens (primary N) is 1. The number of primary sulfonamides is 1. The van der Waals surface area contributed by atoms with Gasteiger partial charge in [0.05, 0.1) is 18.5 Å². The van der Waals surface area contributed by atoms with E-state index in [9.17, 15) is 8.42 Å². The van der Waals surface area contributed by atoms with Gasteiger partial charge in [-0.25, -0.2) is 13.6 Å². The van der Waals surface area contributed by atoms with E-state index in [1.807, 2.05) is 13.8 Å². The maximum Gasteiger partial charge on any atom is 0.209 e. The van der Waals surface area contributed by atoms with Crippen LogP contribution in [0.4, 0.5) is 0 Å². The van der Waals surface area contributed by atoms with E-state index in [1.54, 1.807) is 0 Å². The molecule has 0 fully saturated rings. The minimum Gasteiger partial charge on any atom is -0.378 e. The molecule has 0 heterocycles. The van der Waals surface area contributed by atoms with E-state index < -0.39 is 10.0 Å². The molecule has 0 radical (unpaired) electrons. The molecule has 0 amide bonds. The van der Waals surface area contributed by atoms with Crippen molar-refractivity contribution in [2.75, 3.05) is 12.4 Å². The summed E-state index contributed by atoms with van der Waals surface area (Å²) in [5, 5.41) is 4.99. The average Bonchev–Trinajstić information content (AvgIpc) is 2.11. The van der Waals surface area contributed by atoms with E-state index in [2.05, 4.69) is 6.92 Å². The first-order valence-corrected chi connectivity index (χ1v) is 7.22. The summed E-state index contributed by atoms with van der Waals surface area (Å²) < 4.78 is 27.3. The van der Waals surface area contributed by atoms with Crippen molar-refractivity contribution in [3.63, 3.8) is 0 Å². The highest BCUT2D eigenvalue weighted by molar-refractivity contribution is 7.89. The van der Waals surface area contributed by atoms with E-state index in [0.717, 1.165) is 19.3 Å². The van der Waals surface area contributed by atoms with Gasteiger partial charge in [-0.2, -0.15) is 0 Å². The van der Waals surface area contributed by atoms with Crippen molar-refractivity contribution in [2.24, 2.45) is 11.1 Å². The minimum atomic E-state index is -3.38. The molecule has 0 aliphatic heterocycles. The smallest absolute Gasteiger partial charge is 0.209 e. The van der Waals surface area contributed by atoms with E-state index >= 15 is 0 Å². The van der Waals surface area contributed by atoms with Crippen LogP contribution in [-0.2, 0) is 14.8 Å². The SMILES string of the molecule is CCCC(C)OCC(CC)CS(N)(=O)=O. The van der Waals surface area contributed by atoms with Crippen molar-refractivity contribution < 1.29 is 13.2 Å². The van der Waals surface area contributed by atoms with Crippen LogP contribution in [0.1, 0.15) is 40.0 Å². The third kappa shape index (κ3) is 8.84. The summed E-state index contributed by atoms with van der Waals surface area (Å²) in [5.41, 5.74) is 0. The van der Waals surface area contributed by atoms with Gasteiger partial charge in [-0.1, -0.05) is 26.7 Å². The summed E-state index contributed by atoms with van der Waals surface area (Å²) in [4.78, 5) is 0. The summed E-state index contributed by atoms with van der Waals surface area (Å²) in [7, 11) is -3.38. The van der Waals surface area contributed by atoms with Crippen LogP contribution in [0.2, 0.25) is 0 Å². The number of rotatable bonds is 8. The molecule has 0 aromatic carbocycles. The van der Waals surface area contributed by atoms with Gasteiger partial charge in [0.2, 0.25) is 10.0 Å². The summed E-state index contributed by atoms with van der Waals surface area (Å²) in [5.74, 6) is 0.0295. The van der Waals surface area contributed by atoms with Crippen LogP contribution < -0.4 is 5.14 Å². The van der Waals surface area contributed by atoms with Gasteiger partial charge in [-0.15, -0.1) is 0 Å². The molecule has 0 saturated heterocycles. The lowest BCUT2D eigenvalue weighted by Crippen LogP contribution is -2.27. The molecule has 2 unspecified atom stereocenters. The molecule has 0 rings (SSSR count). The summed E-state index contributed by atoms with van der Waals surface area (Å²) >= 11 is 0. The first-order valence-electron chi connectivity index (χ1n) is 5.51. The second kappa shape index (κ2) is 7.19. The Labute approximate surface area is 93.2 Å². The largest absolute Gasteiger partial charge is 0.378 e. The van der Waals surface area contributed by atoms with E-state index in [4.69, 9.17) is 9.88 Å². The molecular formula is C10H23NO3S. The lowest BCUT2D eigenvalue weighted by Gasteiger charge is -2.17. The van der Waals surface area contributed by atoms with Crippen LogP contribution in [0.5, 0.6) is 0 Å². The fourth-order valence-electron chi connectivity index (χ4n) is 1.40. The molecule has 0 aromatic heterocycles. The van der Waals surface area contributed by atoms with Crippen molar-refractivity contribution in [1.29, 1.82) is 0 Å². The molecule has 0 saturated carbocycles. The first-order chi connectivity index (χ1) is 6.89. The standard InChI is InChI=1S/C10H23NO3S/c1-4-6-9(3)14-7-10(5-2)8-15(11,12)13/h9-10H,4-8H2,1-3H3,(H2,11,12,13). The fourth-order valence-corrected chi connectivity index (χ4v) is 2.39. The Morgan fingerprint density at radius 2 is 1.93 bits per heavy atom. The monoisotopic (exact) mass is 237 g/mol. The van der Waals surface area contributed by atoms with Gasteiger partial charge in [0.15, 0.2) is 0 Å². The zero-order chi connectivity index (χ0) is 11.9. The molecule has 0 bridgehead atoms.